The van der Waals surface area contributed by atoms with E-state index in [9.17, 15) is 4.79 Å². The van der Waals surface area contributed by atoms with Crippen molar-refractivity contribution in [1.82, 2.24) is 10.3 Å². The molecule has 2 aromatic carbocycles. The number of aromatic nitrogens is 1. The molecule has 0 fully saturated rings. The molecule has 1 amide bonds. The lowest BCUT2D eigenvalue weighted by atomic mass is 9.83. The molecule has 0 aliphatic heterocycles. The zero-order valence-corrected chi connectivity index (χ0v) is 17.5. The Hall–Kier alpha value is -2.66. The predicted octanol–water partition coefficient (Wildman–Crippen LogP) is 4.81. The van der Waals surface area contributed by atoms with Gasteiger partial charge < -0.3 is 10.1 Å². The summed E-state index contributed by atoms with van der Waals surface area (Å²) in [6.45, 7) is 3.17. The van der Waals surface area contributed by atoms with Gasteiger partial charge in [-0.05, 0) is 49.4 Å². The summed E-state index contributed by atoms with van der Waals surface area (Å²) in [6, 6.07) is 16.6. The third-order valence-electron chi connectivity index (χ3n) is 5.36. The average Bonchev–Trinajstić information content (AvgIpc) is 3.19. The Balaban J connectivity index is 1.26. The van der Waals surface area contributed by atoms with Gasteiger partial charge in [0.25, 0.3) is 0 Å². The number of thiazole rings is 1. The van der Waals surface area contributed by atoms with E-state index in [0.717, 1.165) is 29.3 Å². The molecule has 0 bridgehead atoms. The average molecular weight is 407 g/mol. The van der Waals surface area contributed by atoms with Crippen LogP contribution in [0.5, 0.6) is 5.75 Å². The lowest BCUT2D eigenvalue weighted by Crippen LogP contribution is -2.31. The Morgan fingerprint density at radius 1 is 1.21 bits per heavy atom. The fourth-order valence-corrected chi connectivity index (χ4v) is 4.51. The van der Waals surface area contributed by atoms with E-state index in [4.69, 9.17) is 4.74 Å². The van der Waals surface area contributed by atoms with Gasteiger partial charge in [-0.1, -0.05) is 42.0 Å². The van der Waals surface area contributed by atoms with Crippen molar-refractivity contribution in [3.63, 3.8) is 0 Å². The van der Waals surface area contributed by atoms with E-state index in [0.29, 0.717) is 25.5 Å². The van der Waals surface area contributed by atoms with Gasteiger partial charge in [-0.15, -0.1) is 11.3 Å². The van der Waals surface area contributed by atoms with E-state index in [1.165, 1.54) is 34.4 Å². The Bertz CT molecular complexity index is 965. The number of rotatable bonds is 7. The summed E-state index contributed by atoms with van der Waals surface area (Å²) in [5.41, 5.74) is 4.83. The van der Waals surface area contributed by atoms with Crippen LogP contribution in [0, 0.1) is 6.92 Å². The SMILES string of the molecule is Cc1ccc(OCc2nc(CC(=O)NCC3CCCc4ccccc43)cs2)cc1. The first-order valence-electron chi connectivity index (χ1n) is 10.1. The van der Waals surface area contributed by atoms with Gasteiger partial charge in [0.15, 0.2) is 0 Å². The van der Waals surface area contributed by atoms with Crippen LogP contribution in [0.25, 0.3) is 0 Å². The molecule has 1 N–H and O–H groups in total. The van der Waals surface area contributed by atoms with Gasteiger partial charge in [-0.3, -0.25) is 4.79 Å². The second-order valence-corrected chi connectivity index (χ2v) is 8.55. The standard InChI is InChI=1S/C24H26N2O2S/c1-17-9-11-21(12-10-17)28-15-24-26-20(16-29-24)13-23(27)25-14-19-7-4-6-18-5-2-3-8-22(18)19/h2-3,5,8-12,16,19H,4,6-7,13-15H2,1H3,(H,25,27). The predicted molar refractivity (Wildman–Crippen MR) is 116 cm³/mol. The minimum Gasteiger partial charge on any atom is -0.486 e. The van der Waals surface area contributed by atoms with Crippen LogP contribution in [0.3, 0.4) is 0 Å². The molecule has 5 heteroatoms. The van der Waals surface area contributed by atoms with Crippen LogP contribution in [0.2, 0.25) is 0 Å². The third-order valence-corrected chi connectivity index (χ3v) is 6.23. The normalized spacial score (nSPS) is 15.6. The summed E-state index contributed by atoms with van der Waals surface area (Å²) in [7, 11) is 0. The van der Waals surface area contributed by atoms with Gasteiger partial charge in [0, 0.05) is 17.8 Å². The van der Waals surface area contributed by atoms with Crippen LogP contribution in [-0.2, 0) is 24.2 Å². The highest BCUT2D eigenvalue weighted by molar-refractivity contribution is 7.09. The van der Waals surface area contributed by atoms with Crippen LogP contribution in [0.15, 0.2) is 53.9 Å². The number of nitrogens with one attached hydrogen (secondary N) is 1. The van der Waals surface area contributed by atoms with Crippen molar-refractivity contribution < 1.29 is 9.53 Å². The first-order chi connectivity index (χ1) is 14.2. The number of benzene rings is 2. The second kappa shape index (κ2) is 9.23. The third kappa shape index (κ3) is 5.24. The van der Waals surface area contributed by atoms with Crippen molar-refractivity contribution in [1.29, 1.82) is 0 Å². The number of hydrogen-bond donors (Lipinski definition) is 1. The summed E-state index contributed by atoms with van der Waals surface area (Å²) >= 11 is 1.53. The fourth-order valence-electron chi connectivity index (χ4n) is 3.81. The number of fused-ring (bicyclic) bond motifs is 1. The van der Waals surface area contributed by atoms with E-state index in [2.05, 4.69) is 41.5 Å². The summed E-state index contributed by atoms with van der Waals surface area (Å²) in [5.74, 6) is 1.28. The monoisotopic (exact) mass is 406 g/mol. The fraction of sp³-hybridized carbons (Fsp3) is 0.333. The van der Waals surface area contributed by atoms with Gasteiger partial charge >= 0.3 is 0 Å². The maximum absolute atomic E-state index is 12.4. The molecule has 1 aromatic heterocycles. The highest BCUT2D eigenvalue weighted by atomic mass is 32.1. The van der Waals surface area contributed by atoms with E-state index in [-0.39, 0.29) is 5.91 Å². The molecule has 1 heterocycles. The van der Waals surface area contributed by atoms with Gasteiger partial charge in [-0.2, -0.15) is 0 Å². The highest BCUT2D eigenvalue weighted by Gasteiger charge is 2.20. The second-order valence-electron chi connectivity index (χ2n) is 7.60. The highest BCUT2D eigenvalue weighted by Crippen LogP contribution is 2.30. The Morgan fingerprint density at radius 3 is 2.90 bits per heavy atom. The Morgan fingerprint density at radius 2 is 2.03 bits per heavy atom. The first kappa shape index (κ1) is 19.6. The topological polar surface area (TPSA) is 51.2 Å². The molecule has 0 saturated heterocycles. The van der Waals surface area contributed by atoms with Crippen molar-refractivity contribution in [2.75, 3.05) is 6.54 Å². The van der Waals surface area contributed by atoms with Crippen molar-refractivity contribution >= 4 is 17.2 Å². The van der Waals surface area contributed by atoms with E-state index in [1.54, 1.807) is 0 Å². The quantitative estimate of drug-likeness (QED) is 0.613. The number of nitrogens with zero attached hydrogens (tertiary/aromatic N) is 1. The molecule has 4 rings (SSSR count). The Labute approximate surface area is 176 Å². The van der Waals surface area contributed by atoms with E-state index < -0.39 is 0 Å². The van der Waals surface area contributed by atoms with Crippen molar-refractivity contribution in [3.8, 4) is 5.75 Å². The van der Waals surface area contributed by atoms with Crippen LogP contribution in [0.4, 0.5) is 0 Å². The molecule has 1 aliphatic rings. The number of carbonyl (C=O) groups is 1. The maximum Gasteiger partial charge on any atom is 0.226 e. The number of aryl methyl sites for hydroxylation is 2. The van der Waals surface area contributed by atoms with Gasteiger partial charge in [0.05, 0.1) is 12.1 Å². The van der Waals surface area contributed by atoms with Gasteiger partial charge in [0.1, 0.15) is 17.4 Å². The van der Waals surface area contributed by atoms with Crippen LogP contribution >= 0.6 is 11.3 Å². The van der Waals surface area contributed by atoms with Crippen molar-refractivity contribution in [3.05, 3.63) is 81.3 Å². The lowest BCUT2D eigenvalue weighted by molar-refractivity contribution is -0.120. The van der Waals surface area contributed by atoms with Crippen LogP contribution in [0.1, 0.15) is 46.2 Å². The summed E-state index contributed by atoms with van der Waals surface area (Å²) < 4.78 is 5.77. The van der Waals surface area contributed by atoms with Crippen LogP contribution in [-0.4, -0.2) is 17.4 Å². The van der Waals surface area contributed by atoms with E-state index in [1.807, 2.05) is 29.6 Å². The van der Waals surface area contributed by atoms with E-state index >= 15 is 0 Å². The van der Waals surface area contributed by atoms with Crippen molar-refractivity contribution in [2.45, 2.75) is 45.1 Å². The Kier molecular flexibility index (Phi) is 6.25. The van der Waals surface area contributed by atoms with Gasteiger partial charge in [-0.25, -0.2) is 4.98 Å². The van der Waals surface area contributed by atoms with Crippen molar-refractivity contribution in [2.24, 2.45) is 0 Å². The molecule has 0 saturated carbocycles. The number of amides is 1. The largest absolute Gasteiger partial charge is 0.486 e. The number of ether oxygens (including phenoxy) is 1. The summed E-state index contributed by atoms with van der Waals surface area (Å²) in [4.78, 5) is 17.0. The minimum absolute atomic E-state index is 0.0318. The smallest absolute Gasteiger partial charge is 0.226 e. The molecule has 0 radical (unpaired) electrons. The molecule has 1 aliphatic carbocycles. The maximum atomic E-state index is 12.4. The lowest BCUT2D eigenvalue weighted by Gasteiger charge is -2.25. The number of carbonyl (C=O) groups excluding carboxylic acids is 1. The minimum atomic E-state index is 0.0318. The molecule has 3 aromatic rings. The molecule has 29 heavy (non-hydrogen) atoms. The number of hydrogen-bond acceptors (Lipinski definition) is 4. The zero-order chi connectivity index (χ0) is 20.1. The molecular formula is C24H26N2O2S. The molecule has 0 spiro atoms. The molecule has 1 unspecified atom stereocenters. The molecule has 1 atom stereocenters. The molecule has 150 valence electrons. The van der Waals surface area contributed by atoms with Crippen LogP contribution < -0.4 is 10.1 Å². The first-order valence-corrected chi connectivity index (χ1v) is 11.0. The summed E-state index contributed by atoms with van der Waals surface area (Å²) in [5, 5.41) is 5.94. The molecular weight excluding hydrogens is 380 g/mol. The zero-order valence-electron chi connectivity index (χ0n) is 16.7. The van der Waals surface area contributed by atoms with Gasteiger partial charge in [0.2, 0.25) is 5.91 Å². The summed E-state index contributed by atoms with van der Waals surface area (Å²) in [6.07, 6.45) is 3.78. The molecule has 4 nitrogen and oxygen atoms in total.